The summed E-state index contributed by atoms with van der Waals surface area (Å²) in [7, 11) is 0. The minimum absolute atomic E-state index is 0.756. The van der Waals surface area contributed by atoms with Crippen molar-refractivity contribution in [3.63, 3.8) is 0 Å². The van der Waals surface area contributed by atoms with Gasteiger partial charge in [-0.05, 0) is 30.7 Å². The summed E-state index contributed by atoms with van der Waals surface area (Å²) in [5.74, 6) is 0.879. The van der Waals surface area contributed by atoms with Crippen LogP contribution in [0.2, 0.25) is 0 Å². The highest BCUT2D eigenvalue weighted by atomic mass is 16.5. The van der Waals surface area contributed by atoms with Crippen molar-refractivity contribution in [3.8, 4) is 11.3 Å². The van der Waals surface area contributed by atoms with Crippen LogP contribution in [0.3, 0.4) is 0 Å². The van der Waals surface area contributed by atoms with E-state index in [4.69, 9.17) is 4.74 Å². The van der Waals surface area contributed by atoms with Crippen molar-refractivity contribution in [3.05, 3.63) is 47.9 Å². The lowest BCUT2D eigenvalue weighted by Gasteiger charge is -2.26. The molecule has 0 saturated carbocycles. The van der Waals surface area contributed by atoms with Gasteiger partial charge in [0.1, 0.15) is 5.82 Å². The Balaban J connectivity index is 1.51. The summed E-state index contributed by atoms with van der Waals surface area (Å²) in [5, 5.41) is 1.21. The largest absolute Gasteiger partial charge is 0.379 e. The van der Waals surface area contributed by atoms with Crippen molar-refractivity contribution < 1.29 is 4.74 Å². The first-order chi connectivity index (χ1) is 12.8. The Bertz CT molecular complexity index is 1070. The summed E-state index contributed by atoms with van der Waals surface area (Å²) in [6.45, 7) is 6.58. The molecule has 6 nitrogen and oxygen atoms in total. The zero-order chi connectivity index (χ0) is 17.5. The molecule has 0 amide bonds. The van der Waals surface area contributed by atoms with Gasteiger partial charge in [0, 0.05) is 48.0 Å². The summed E-state index contributed by atoms with van der Waals surface area (Å²) < 4.78 is 5.44. The topological polar surface area (TPSA) is 69.8 Å². The molecule has 0 spiro atoms. The number of hydrogen-bond acceptors (Lipinski definition) is 4. The van der Waals surface area contributed by atoms with Crippen molar-refractivity contribution in [2.45, 2.75) is 13.5 Å². The van der Waals surface area contributed by atoms with E-state index in [2.05, 4.69) is 49.1 Å². The Morgan fingerprint density at radius 3 is 2.88 bits per heavy atom. The van der Waals surface area contributed by atoms with Crippen LogP contribution in [0.1, 0.15) is 11.4 Å². The van der Waals surface area contributed by atoms with Gasteiger partial charge in [0.05, 0.1) is 18.7 Å². The number of pyridine rings is 1. The molecule has 1 saturated heterocycles. The molecule has 3 aromatic heterocycles. The summed E-state index contributed by atoms with van der Waals surface area (Å²) in [5.41, 5.74) is 6.40. The lowest BCUT2D eigenvalue weighted by Crippen LogP contribution is -2.35. The van der Waals surface area contributed by atoms with Gasteiger partial charge in [-0.1, -0.05) is 12.1 Å². The highest BCUT2D eigenvalue weighted by molar-refractivity contribution is 5.94. The third-order valence-corrected chi connectivity index (χ3v) is 5.00. The van der Waals surface area contributed by atoms with Crippen LogP contribution >= 0.6 is 0 Å². The van der Waals surface area contributed by atoms with Gasteiger partial charge >= 0.3 is 0 Å². The second-order valence-corrected chi connectivity index (χ2v) is 6.87. The molecule has 132 valence electrons. The maximum Gasteiger partial charge on any atom is 0.178 e. The average Bonchev–Trinajstić information content (AvgIpc) is 3.24. The Hall–Kier alpha value is -2.70. The maximum atomic E-state index is 5.44. The summed E-state index contributed by atoms with van der Waals surface area (Å²) in [6, 6.07) is 10.9. The Kier molecular flexibility index (Phi) is 3.72. The summed E-state index contributed by atoms with van der Waals surface area (Å²) >= 11 is 0. The van der Waals surface area contributed by atoms with Crippen LogP contribution in [0.4, 0.5) is 0 Å². The van der Waals surface area contributed by atoms with Crippen LogP contribution in [-0.4, -0.2) is 51.1 Å². The molecular formula is C20H21N5O. The fourth-order valence-corrected chi connectivity index (χ4v) is 3.69. The van der Waals surface area contributed by atoms with Crippen molar-refractivity contribution >= 4 is 22.1 Å². The molecular weight excluding hydrogens is 326 g/mol. The highest BCUT2D eigenvalue weighted by Crippen LogP contribution is 2.29. The van der Waals surface area contributed by atoms with E-state index in [1.807, 2.05) is 19.2 Å². The molecule has 1 aromatic carbocycles. The van der Waals surface area contributed by atoms with Gasteiger partial charge in [-0.3, -0.25) is 4.90 Å². The molecule has 26 heavy (non-hydrogen) atoms. The molecule has 0 radical (unpaired) electrons. The monoisotopic (exact) mass is 347 g/mol. The molecule has 1 aliphatic rings. The number of nitrogens with one attached hydrogen (secondary N) is 2. The molecule has 0 bridgehead atoms. The van der Waals surface area contributed by atoms with Gasteiger partial charge in [0.2, 0.25) is 0 Å². The predicted molar refractivity (Wildman–Crippen MR) is 102 cm³/mol. The summed E-state index contributed by atoms with van der Waals surface area (Å²) in [6.07, 6.45) is 1.81. The van der Waals surface area contributed by atoms with E-state index in [9.17, 15) is 0 Å². The van der Waals surface area contributed by atoms with Crippen LogP contribution in [0.5, 0.6) is 0 Å². The van der Waals surface area contributed by atoms with Crippen molar-refractivity contribution in [2.24, 2.45) is 0 Å². The number of aryl methyl sites for hydroxylation is 1. The first-order valence-electron chi connectivity index (χ1n) is 9.00. The zero-order valence-electron chi connectivity index (χ0n) is 14.7. The quantitative estimate of drug-likeness (QED) is 0.597. The number of imidazole rings is 1. The fourth-order valence-electron chi connectivity index (χ4n) is 3.69. The van der Waals surface area contributed by atoms with Crippen molar-refractivity contribution in [1.82, 2.24) is 24.8 Å². The van der Waals surface area contributed by atoms with Crippen LogP contribution < -0.4 is 0 Å². The number of nitrogens with zero attached hydrogens (tertiary/aromatic N) is 3. The molecule has 0 atom stereocenters. The normalized spacial score (nSPS) is 15.9. The van der Waals surface area contributed by atoms with E-state index >= 15 is 0 Å². The van der Waals surface area contributed by atoms with E-state index in [1.54, 1.807) is 0 Å². The van der Waals surface area contributed by atoms with Crippen LogP contribution in [-0.2, 0) is 11.3 Å². The molecule has 6 heteroatoms. The molecule has 5 rings (SSSR count). The number of fused-ring (bicyclic) bond motifs is 2. The highest BCUT2D eigenvalue weighted by Gasteiger charge is 2.13. The van der Waals surface area contributed by atoms with Gasteiger partial charge in [0.25, 0.3) is 0 Å². The average molecular weight is 347 g/mol. The van der Waals surface area contributed by atoms with Crippen LogP contribution in [0.25, 0.3) is 33.3 Å². The van der Waals surface area contributed by atoms with Gasteiger partial charge in [0.15, 0.2) is 5.65 Å². The Morgan fingerprint density at radius 1 is 1.12 bits per heavy atom. The van der Waals surface area contributed by atoms with E-state index in [0.29, 0.717) is 0 Å². The van der Waals surface area contributed by atoms with E-state index in [1.165, 1.54) is 10.9 Å². The van der Waals surface area contributed by atoms with Crippen molar-refractivity contribution in [1.29, 1.82) is 0 Å². The number of H-pyrrole nitrogens is 2. The van der Waals surface area contributed by atoms with Crippen LogP contribution in [0.15, 0.2) is 36.5 Å². The fraction of sp³-hybridized carbons (Fsp3) is 0.300. The summed E-state index contributed by atoms with van der Waals surface area (Å²) in [4.78, 5) is 18.1. The van der Waals surface area contributed by atoms with Crippen molar-refractivity contribution in [2.75, 3.05) is 26.3 Å². The number of rotatable bonds is 3. The number of aromatic nitrogens is 4. The van der Waals surface area contributed by atoms with Gasteiger partial charge in [-0.25, -0.2) is 9.97 Å². The van der Waals surface area contributed by atoms with Gasteiger partial charge in [-0.15, -0.1) is 0 Å². The predicted octanol–water partition coefficient (Wildman–Crippen LogP) is 3.25. The molecule has 4 heterocycles. The molecule has 0 aliphatic carbocycles. The minimum Gasteiger partial charge on any atom is -0.379 e. The Morgan fingerprint density at radius 2 is 2.00 bits per heavy atom. The second kappa shape index (κ2) is 6.23. The molecule has 0 unspecified atom stereocenters. The third kappa shape index (κ3) is 2.77. The minimum atomic E-state index is 0.756. The number of morpholine rings is 1. The number of aromatic amines is 2. The molecule has 2 N–H and O–H groups in total. The molecule has 1 fully saturated rings. The number of benzene rings is 1. The first-order valence-corrected chi connectivity index (χ1v) is 9.00. The number of ether oxygens (including phenoxy) is 1. The number of hydrogen-bond donors (Lipinski definition) is 2. The Labute approximate surface area is 151 Å². The van der Waals surface area contributed by atoms with Crippen LogP contribution in [0, 0.1) is 6.92 Å². The van der Waals surface area contributed by atoms with Gasteiger partial charge in [-0.2, -0.15) is 0 Å². The van der Waals surface area contributed by atoms with E-state index in [0.717, 1.165) is 66.6 Å². The van der Waals surface area contributed by atoms with Gasteiger partial charge < -0.3 is 14.7 Å². The SMILES string of the molecule is Cc1nc2nccc(-c3cc4ccc(CN5CCOCC5)cc4[nH]3)c2[nH]1. The van der Waals surface area contributed by atoms with E-state index < -0.39 is 0 Å². The molecule has 1 aliphatic heterocycles. The maximum absolute atomic E-state index is 5.44. The zero-order valence-corrected chi connectivity index (χ0v) is 14.7. The van der Waals surface area contributed by atoms with E-state index in [-0.39, 0.29) is 0 Å². The lowest BCUT2D eigenvalue weighted by molar-refractivity contribution is 0.0342. The first kappa shape index (κ1) is 15.5. The smallest absolute Gasteiger partial charge is 0.178 e. The lowest BCUT2D eigenvalue weighted by atomic mass is 10.1. The second-order valence-electron chi connectivity index (χ2n) is 6.87. The standard InChI is InChI=1S/C20H21N5O/c1-13-22-19-16(4-5-21-20(19)23-13)18-11-15-3-2-14(10-17(15)24-18)12-25-6-8-26-9-7-25/h2-5,10-11,24H,6-9,12H2,1H3,(H,21,22,23). The third-order valence-electron chi connectivity index (χ3n) is 5.00. The molecule has 4 aromatic rings.